The van der Waals surface area contributed by atoms with Gasteiger partial charge in [0.25, 0.3) is 0 Å². The summed E-state index contributed by atoms with van der Waals surface area (Å²) in [6.07, 6.45) is -0.670. The maximum absolute atomic E-state index is 10.0. The molecule has 0 saturated heterocycles. The fourth-order valence-corrected chi connectivity index (χ4v) is 1.84. The van der Waals surface area contributed by atoms with Crippen molar-refractivity contribution in [2.24, 2.45) is 0 Å². The molecule has 0 saturated carbocycles. The second-order valence-corrected chi connectivity index (χ2v) is 4.73. The number of hydrogen-bond acceptors (Lipinski definition) is 2. The highest BCUT2D eigenvalue weighted by atomic mass is 16.3. The molecule has 0 aliphatic heterocycles. The normalized spacial score (nSPS) is 12.4. The fraction of sp³-hybridized carbons (Fsp3) is 0.250. The lowest BCUT2D eigenvalue weighted by Gasteiger charge is -2.15. The van der Waals surface area contributed by atoms with Gasteiger partial charge in [0.05, 0.1) is 0 Å². The van der Waals surface area contributed by atoms with Gasteiger partial charge in [-0.15, -0.1) is 0 Å². The van der Waals surface area contributed by atoms with Crippen molar-refractivity contribution in [2.75, 3.05) is 5.32 Å². The average molecular weight is 241 g/mol. The number of hydrogen-bond donors (Lipinski definition) is 2. The third kappa shape index (κ3) is 3.11. The van der Waals surface area contributed by atoms with Gasteiger partial charge in [-0.25, -0.2) is 0 Å². The summed E-state index contributed by atoms with van der Waals surface area (Å²) in [7, 11) is 0. The van der Waals surface area contributed by atoms with Crippen LogP contribution < -0.4 is 5.32 Å². The number of rotatable bonds is 4. The molecule has 0 aliphatic rings. The molecule has 2 aromatic rings. The smallest absolute Gasteiger partial charge is 0.150 e. The van der Waals surface area contributed by atoms with Crippen molar-refractivity contribution in [1.29, 1.82) is 0 Å². The van der Waals surface area contributed by atoms with Crippen LogP contribution in [-0.2, 0) is 0 Å². The van der Waals surface area contributed by atoms with E-state index in [2.05, 4.69) is 31.3 Å². The van der Waals surface area contributed by atoms with Crippen molar-refractivity contribution in [3.8, 4) is 0 Å². The molecule has 2 aromatic carbocycles. The van der Waals surface area contributed by atoms with E-state index in [1.165, 1.54) is 5.56 Å². The number of aliphatic hydroxyl groups excluding tert-OH is 1. The highest BCUT2D eigenvalue weighted by Crippen LogP contribution is 2.20. The molecule has 1 unspecified atom stereocenters. The molecule has 2 nitrogen and oxygen atoms in total. The minimum absolute atomic E-state index is 0.526. The van der Waals surface area contributed by atoms with Gasteiger partial charge in [-0.2, -0.15) is 0 Å². The van der Waals surface area contributed by atoms with E-state index in [1.54, 1.807) is 0 Å². The van der Waals surface area contributed by atoms with Gasteiger partial charge in [-0.1, -0.05) is 56.3 Å². The van der Waals surface area contributed by atoms with Gasteiger partial charge in [-0.3, -0.25) is 0 Å². The van der Waals surface area contributed by atoms with Crippen LogP contribution in [0.4, 0.5) is 5.69 Å². The van der Waals surface area contributed by atoms with E-state index in [9.17, 15) is 5.11 Å². The molecular formula is C16H19NO. The Labute approximate surface area is 108 Å². The summed E-state index contributed by atoms with van der Waals surface area (Å²) in [5, 5.41) is 13.1. The molecule has 2 heteroatoms. The summed E-state index contributed by atoms with van der Waals surface area (Å²) < 4.78 is 0. The lowest BCUT2D eigenvalue weighted by Crippen LogP contribution is -2.09. The summed E-state index contributed by atoms with van der Waals surface area (Å²) >= 11 is 0. The molecule has 0 aliphatic carbocycles. The zero-order valence-corrected chi connectivity index (χ0v) is 10.8. The first-order valence-electron chi connectivity index (χ1n) is 6.26. The Hall–Kier alpha value is -1.80. The Kier molecular flexibility index (Phi) is 4.00. The van der Waals surface area contributed by atoms with Crippen LogP contribution in [0.1, 0.15) is 37.1 Å². The van der Waals surface area contributed by atoms with Crippen molar-refractivity contribution in [3.63, 3.8) is 0 Å². The Bertz CT molecular complexity index is 476. The van der Waals surface area contributed by atoms with Crippen molar-refractivity contribution >= 4 is 5.69 Å². The van der Waals surface area contributed by atoms with Crippen molar-refractivity contribution in [3.05, 3.63) is 65.7 Å². The van der Waals surface area contributed by atoms with E-state index in [0.29, 0.717) is 5.92 Å². The largest absolute Gasteiger partial charge is 0.369 e. The first-order valence-corrected chi connectivity index (χ1v) is 6.26. The maximum Gasteiger partial charge on any atom is 0.150 e. The van der Waals surface area contributed by atoms with Crippen molar-refractivity contribution < 1.29 is 5.11 Å². The molecule has 0 amide bonds. The number of aliphatic hydroxyl groups is 1. The fourth-order valence-electron chi connectivity index (χ4n) is 1.84. The highest BCUT2D eigenvalue weighted by Gasteiger charge is 2.06. The highest BCUT2D eigenvalue weighted by molar-refractivity contribution is 5.46. The van der Waals surface area contributed by atoms with Gasteiger partial charge in [0, 0.05) is 11.3 Å². The van der Waals surface area contributed by atoms with E-state index in [4.69, 9.17) is 0 Å². The average Bonchev–Trinajstić information content (AvgIpc) is 2.40. The summed E-state index contributed by atoms with van der Waals surface area (Å²) in [4.78, 5) is 0. The van der Waals surface area contributed by atoms with E-state index in [0.717, 1.165) is 11.3 Å². The van der Waals surface area contributed by atoms with Crippen LogP contribution >= 0.6 is 0 Å². The van der Waals surface area contributed by atoms with E-state index >= 15 is 0 Å². The van der Waals surface area contributed by atoms with E-state index in [1.807, 2.05) is 42.5 Å². The van der Waals surface area contributed by atoms with Crippen molar-refractivity contribution in [2.45, 2.75) is 26.0 Å². The second-order valence-electron chi connectivity index (χ2n) is 4.73. The molecule has 18 heavy (non-hydrogen) atoms. The molecule has 0 bridgehead atoms. The van der Waals surface area contributed by atoms with Crippen LogP contribution in [0, 0.1) is 0 Å². The Morgan fingerprint density at radius 1 is 0.833 bits per heavy atom. The number of benzene rings is 2. The molecular weight excluding hydrogens is 222 g/mol. The predicted octanol–water partition coefficient (Wildman–Crippen LogP) is 3.91. The lowest BCUT2D eigenvalue weighted by atomic mass is 10.0. The lowest BCUT2D eigenvalue weighted by molar-refractivity contribution is 0.208. The molecule has 94 valence electrons. The van der Waals surface area contributed by atoms with E-state index in [-0.39, 0.29) is 0 Å². The minimum Gasteiger partial charge on any atom is -0.369 e. The van der Waals surface area contributed by atoms with Crippen LogP contribution in [0.25, 0.3) is 0 Å². The zero-order valence-electron chi connectivity index (χ0n) is 10.8. The zero-order chi connectivity index (χ0) is 13.0. The van der Waals surface area contributed by atoms with Gasteiger partial charge in [0.15, 0.2) is 6.23 Å². The van der Waals surface area contributed by atoms with Gasteiger partial charge in [0.1, 0.15) is 0 Å². The maximum atomic E-state index is 10.0. The van der Waals surface area contributed by atoms with Crippen LogP contribution in [0.2, 0.25) is 0 Å². The number of anilines is 1. The molecule has 2 rings (SSSR count). The SMILES string of the molecule is CC(C)c1ccc(NC(O)c2ccccc2)cc1. The Morgan fingerprint density at radius 2 is 1.44 bits per heavy atom. The predicted molar refractivity (Wildman–Crippen MR) is 75.6 cm³/mol. The number of nitrogens with one attached hydrogen (secondary N) is 1. The molecule has 1 atom stereocenters. The second kappa shape index (κ2) is 5.69. The molecule has 0 aromatic heterocycles. The Morgan fingerprint density at radius 3 is 2.00 bits per heavy atom. The third-order valence-corrected chi connectivity index (χ3v) is 3.00. The first-order chi connectivity index (χ1) is 8.66. The van der Waals surface area contributed by atoms with Crippen LogP contribution in [-0.4, -0.2) is 5.11 Å². The van der Waals surface area contributed by atoms with Gasteiger partial charge < -0.3 is 10.4 Å². The topological polar surface area (TPSA) is 32.3 Å². The van der Waals surface area contributed by atoms with E-state index < -0.39 is 6.23 Å². The first kappa shape index (κ1) is 12.7. The quantitative estimate of drug-likeness (QED) is 0.795. The van der Waals surface area contributed by atoms with Crippen molar-refractivity contribution in [1.82, 2.24) is 0 Å². The molecule has 0 heterocycles. The van der Waals surface area contributed by atoms with Gasteiger partial charge in [-0.05, 0) is 23.6 Å². The standard InChI is InChI=1S/C16H19NO/c1-12(2)13-8-10-15(11-9-13)17-16(18)14-6-4-3-5-7-14/h3-12,16-18H,1-2H3. The minimum atomic E-state index is -0.670. The van der Waals surface area contributed by atoms with Gasteiger partial charge in [0.2, 0.25) is 0 Å². The van der Waals surface area contributed by atoms with Crippen LogP contribution in [0.5, 0.6) is 0 Å². The third-order valence-electron chi connectivity index (χ3n) is 3.00. The monoisotopic (exact) mass is 241 g/mol. The molecule has 0 radical (unpaired) electrons. The molecule has 2 N–H and O–H groups in total. The molecule has 0 fully saturated rings. The summed E-state index contributed by atoms with van der Waals surface area (Å²) in [5.41, 5.74) is 3.09. The summed E-state index contributed by atoms with van der Waals surface area (Å²) in [5.74, 6) is 0.526. The Balaban J connectivity index is 2.05. The van der Waals surface area contributed by atoms with Crippen LogP contribution in [0.3, 0.4) is 0 Å². The summed E-state index contributed by atoms with van der Waals surface area (Å²) in [6.45, 7) is 4.34. The van der Waals surface area contributed by atoms with Gasteiger partial charge >= 0.3 is 0 Å². The molecule has 0 spiro atoms. The summed E-state index contributed by atoms with van der Waals surface area (Å²) in [6, 6.07) is 17.8. The van der Waals surface area contributed by atoms with Crippen LogP contribution in [0.15, 0.2) is 54.6 Å².